The Morgan fingerprint density at radius 3 is 2.80 bits per heavy atom. The van der Waals surface area contributed by atoms with Crippen LogP contribution in [-0.2, 0) is 4.79 Å². The molecule has 4 heteroatoms. The summed E-state index contributed by atoms with van der Waals surface area (Å²) in [5.74, 6) is 0.850. The van der Waals surface area contributed by atoms with Gasteiger partial charge in [-0.3, -0.25) is 4.79 Å². The molecule has 1 saturated heterocycles. The smallest absolute Gasteiger partial charge is 0.246 e. The predicted octanol–water partition coefficient (Wildman–Crippen LogP) is 2.05. The molecule has 0 bridgehead atoms. The molecule has 2 rings (SSSR count). The topological polar surface area (TPSA) is 55.6 Å². The summed E-state index contributed by atoms with van der Waals surface area (Å²) in [6, 6.07) is 7.96. The molecule has 0 radical (unpaired) electrons. The van der Waals surface area contributed by atoms with Gasteiger partial charge in [0.1, 0.15) is 5.75 Å². The molecule has 1 aliphatic rings. The van der Waals surface area contributed by atoms with Gasteiger partial charge in [0, 0.05) is 30.8 Å². The molecule has 2 N–H and O–H groups in total. The Kier molecular flexibility index (Phi) is 5.18. The molecule has 108 valence electrons. The van der Waals surface area contributed by atoms with Crippen molar-refractivity contribution in [3.8, 4) is 5.75 Å². The third kappa shape index (κ3) is 3.84. The summed E-state index contributed by atoms with van der Waals surface area (Å²) < 4.78 is 5.54. The van der Waals surface area contributed by atoms with Crippen LogP contribution in [0, 0.1) is 0 Å². The van der Waals surface area contributed by atoms with Crippen LogP contribution in [0.4, 0.5) is 0 Å². The number of nitrogens with zero attached hydrogens (tertiary/aromatic N) is 1. The lowest BCUT2D eigenvalue weighted by Gasteiger charge is -2.29. The van der Waals surface area contributed by atoms with Crippen LogP contribution in [0.5, 0.6) is 5.75 Å². The highest BCUT2D eigenvalue weighted by molar-refractivity contribution is 5.92. The van der Waals surface area contributed by atoms with Crippen molar-refractivity contribution < 1.29 is 9.53 Å². The van der Waals surface area contributed by atoms with Gasteiger partial charge >= 0.3 is 0 Å². The molecule has 4 nitrogen and oxygen atoms in total. The number of nitrogens with two attached hydrogens (primary N) is 1. The molecule has 0 unspecified atom stereocenters. The molecule has 0 saturated carbocycles. The standard InChI is InChI=1S/C16H22N2O2/c1-2-20-15-6-4-3-5-13(15)7-8-16(19)18-11-9-14(17)10-12-18/h3-8,14H,2,9-12,17H2,1H3. The van der Waals surface area contributed by atoms with Crippen molar-refractivity contribution in [2.45, 2.75) is 25.8 Å². The predicted molar refractivity (Wildman–Crippen MR) is 80.4 cm³/mol. The van der Waals surface area contributed by atoms with Gasteiger partial charge in [0.2, 0.25) is 5.91 Å². The minimum absolute atomic E-state index is 0.0446. The lowest BCUT2D eigenvalue weighted by atomic mass is 10.1. The number of ether oxygens (including phenoxy) is 1. The molecule has 0 spiro atoms. The highest BCUT2D eigenvalue weighted by Gasteiger charge is 2.18. The van der Waals surface area contributed by atoms with Crippen LogP contribution in [0.15, 0.2) is 30.3 Å². The van der Waals surface area contributed by atoms with Gasteiger partial charge in [-0.25, -0.2) is 0 Å². The van der Waals surface area contributed by atoms with Gasteiger partial charge in [-0.05, 0) is 31.9 Å². The van der Waals surface area contributed by atoms with E-state index in [0.29, 0.717) is 6.61 Å². The SMILES string of the molecule is CCOc1ccccc1C=CC(=O)N1CCC(N)CC1. The fourth-order valence-corrected chi connectivity index (χ4v) is 2.29. The van der Waals surface area contributed by atoms with E-state index in [2.05, 4.69) is 0 Å². The molecule has 1 aliphatic heterocycles. The first-order chi connectivity index (χ1) is 9.70. The van der Waals surface area contributed by atoms with Crippen LogP contribution in [0.25, 0.3) is 6.08 Å². The van der Waals surface area contributed by atoms with E-state index in [1.807, 2.05) is 42.2 Å². The highest BCUT2D eigenvalue weighted by Crippen LogP contribution is 2.19. The molecule has 1 amide bonds. The van der Waals surface area contributed by atoms with Gasteiger partial charge in [0.05, 0.1) is 6.61 Å². The number of benzene rings is 1. The summed E-state index contributed by atoms with van der Waals surface area (Å²) in [6.45, 7) is 4.06. The molecule has 1 heterocycles. The first-order valence-corrected chi connectivity index (χ1v) is 7.15. The number of piperidine rings is 1. The number of hydrogen-bond donors (Lipinski definition) is 1. The zero-order chi connectivity index (χ0) is 14.4. The van der Waals surface area contributed by atoms with Crippen LogP contribution in [0.1, 0.15) is 25.3 Å². The molecular weight excluding hydrogens is 252 g/mol. The number of rotatable bonds is 4. The summed E-state index contributed by atoms with van der Waals surface area (Å²) in [4.78, 5) is 14.0. The van der Waals surface area contributed by atoms with Gasteiger partial charge in [-0.15, -0.1) is 0 Å². The third-order valence-corrected chi connectivity index (χ3v) is 3.48. The summed E-state index contributed by atoms with van der Waals surface area (Å²) >= 11 is 0. The zero-order valence-electron chi connectivity index (χ0n) is 11.9. The Labute approximate surface area is 120 Å². The number of para-hydroxylation sites is 1. The van der Waals surface area contributed by atoms with Gasteiger partial charge in [0.15, 0.2) is 0 Å². The number of carbonyl (C=O) groups is 1. The van der Waals surface area contributed by atoms with Gasteiger partial charge < -0.3 is 15.4 Å². The average molecular weight is 274 g/mol. The van der Waals surface area contributed by atoms with E-state index in [1.165, 1.54) is 0 Å². The average Bonchev–Trinajstić information content (AvgIpc) is 2.47. The van der Waals surface area contributed by atoms with Crippen LogP contribution < -0.4 is 10.5 Å². The van der Waals surface area contributed by atoms with Crippen molar-refractivity contribution >= 4 is 12.0 Å². The Morgan fingerprint density at radius 2 is 2.10 bits per heavy atom. The Balaban J connectivity index is 2.00. The molecule has 0 aromatic heterocycles. The normalized spacial score (nSPS) is 16.6. The van der Waals surface area contributed by atoms with E-state index in [0.717, 1.165) is 37.2 Å². The van der Waals surface area contributed by atoms with E-state index in [1.54, 1.807) is 6.08 Å². The van der Waals surface area contributed by atoms with E-state index in [9.17, 15) is 4.79 Å². The molecule has 20 heavy (non-hydrogen) atoms. The second kappa shape index (κ2) is 7.10. The minimum Gasteiger partial charge on any atom is -0.493 e. The van der Waals surface area contributed by atoms with Crippen molar-refractivity contribution in [3.63, 3.8) is 0 Å². The second-order valence-corrected chi connectivity index (χ2v) is 4.97. The van der Waals surface area contributed by atoms with Gasteiger partial charge in [-0.1, -0.05) is 18.2 Å². The number of amides is 1. The Bertz CT molecular complexity index is 477. The molecule has 1 fully saturated rings. The summed E-state index contributed by atoms with van der Waals surface area (Å²) in [7, 11) is 0. The molecule has 1 aromatic carbocycles. The van der Waals surface area contributed by atoms with Crippen LogP contribution in [0.3, 0.4) is 0 Å². The van der Waals surface area contributed by atoms with E-state index in [4.69, 9.17) is 10.5 Å². The van der Waals surface area contributed by atoms with Gasteiger partial charge in [-0.2, -0.15) is 0 Å². The molecule has 1 aromatic rings. The third-order valence-electron chi connectivity index (χ3n) is 3.48. The van der Waals surface area contributed by atoms with Crippen molar-refractivity contribution in [3.05, 3.63) is 35.9 Å². The van der Waals surface area contributed by atoms with Crippen LogP contribution in [-0.4, -0.2) is 36.5 Å². The zero-order valence-corrected chi connectivity index (χ0v) is 11.9. The summed E-state index contributed by atoms with van der Waals surface area (Å²) in [6.07, 6.45) is 5.21. The van der Waals surface area contributed by atoms with E-state index in [-0.39, 0.29) is 11.9 Å². The maximum absolute atomic E-state index is 12.1. The van der Waals surface area contributed by atoms with Crippen LogP contribution in [0.2, 0.25) is 0 Å². The highest BCUT2D eigenvalue weighted by atomic mass is 16.5. The van der Waals surface area contributed by atoms with E-state index < -0.39 is 0 Å². The molecular formula is C16H22N2O2. The molecule has 0 atom stereocenters. The monoisotopic (exact) mass is 274 g/mol. The summed E-state index contributed by atoms with van der Waals surface area (Å²) in [5, 5.41) is 0. The second-order valence-electron chi connectivity index (χ2n) is 4.97. The van der Waals surface area contributed by atoms with Gasteiger partial charge in [0.25, 0.3) is 0 Å². The number of hydrogen-bond acceptors (Lipinski definition) is 3. The van der Waals surface area contributed by atoms with Crippen molar-refractivity contribution in [2.75, 3.05) is 19.7 Å². The first-order valence-electron chi connectivity index (χ1n) is 7.15. The Morgan fingerprint density at radius 1 is 1.40 bits per heavy atom. The van der Waals surface area contributed by atoms with Crippen LogP contribution >= 0.6 is 0 Å². The maximum atomic E-state index is 12.1. The first kappa shape index (κ1) is 14.6. The largest absolute Gasteiger partial charge is 0.493 e. The van der Waals surface area contributed by atoms with Crippen molar-refractivity contribution in [1.29, 1.82) is 0 Å². The quantitative estimate of drug-likeness (QED) is 0.855. The minimum atomic E-state index is 0.0446. The fraction of sp³-hybridized carbons (Fsp3) is 0.438. The lowest BCUT2D eigenvalue weighted by Crippen LogP contribution is -2.42. The summed E-state index contributed by atoms with van der Waals surface area (Å²) in [5.41, 5.74) is 6.77. The number of likely N-dealkylation sites (tertiary alicyclic amines) is 1. The fourth-order valence-electron chi connectivity index (χ4n) is 2.29. The van der Waals surface area contributed by atoms with E-state index >= 15 is 0 Å². The number of carbonyl (C=O) groups excluding carboxylic acids is 1. The van der Waals surface area contributed by atoms with Crippen molar-refractivity contribution in [2.24, 2.45) is 5.73 Å². The van der Waals surface area contributed by atoms with Crippen molar-refractivity contribution in [1.82, 2.24) is 4.90 Å². The molecule has 0 aliphatic carbocycles. The Hall–Kier alpha value is -1.81. The maximum Gasteiger partial charge on any atom is 0.246 e. The lowest BCUT2D eigenvalue weighted by molar-refractivity contribution is -0.126.